The number of ether oxygens (including phenoxy) is 1. The number of hydrogen-bond donors (Lipinski definition) is 1. The molecule has 0 heterocycles. The Bertz CT molecular complexity index is 299. The van der Waals surface area contributed by atoms with E-state index in [-0.39, 0.29) is 0 Å². The van der Waals surface area contributed by atoms with Crippen molar-refractivity contribution in [3.05, 3.63) is 35.4 Å². The Kier molecular flexibility index (Phi) is 6.12. The van der Waals surface area contributed by atoms with E-state index in [4.69, 9.17) is 4.74 Å². The molecule has 0 saturated heterocycles. The standard InChI is InChI=1S/C14H23NO/c1-12-8-4-5-9-14(12)13(2)15-10-6-7-11-16-3/h4-5,8-9,13,15H,6-7,10-11H2,1-3H3/t13-/m1/s1. The van der Waals surface area contributed by atoms with Crippen LogP contribution in [-0.4, -0.2) is 20.3 Å². The zero-order valence-corrected chi connectivity index (χ0v) is 10.6. The minimum atomic E-state index is 0.434. The summed E-state index contributed by atoms with van der Waals surface area (Å²) in [6, 6.07) is 8.99. The number of aryl methyl sites for hydroxylation is 1. The summed E-state index contributed by atoms with van der Waals surface area (Å²) in [6.07, 6.45) is 2.30. The number of hydrogen-bond acceptors (Lipinski definition) is 2. The fourth-order valence-electron chi connectivity index (χ4n) is 1.87. The Morgan fingerprint density at radius 1 is 1.25 bits per heavy atom. The van der Waals surface area contributed by atoms with Crippen LogP contribution in [0.1, 0.15) is 36.9 Å². The van der Waals surface area contributed by atoms with Gasteiger partial charge in [-0.2, -0.15) is 0 Å². The Morgan fingerprint density at radius 3 is 2.69 bits per heavy atom. The van der Waals surface area contributed by atoms with Crippen molar-refractivity contribution < 1.29 is 4.74 Å². The van der Waals surface area contributed by atoms with Crippen molar-refractivity contribution in [3.8, 4) is 0 Å². The van der Waals surface area contributed by atoms with Crippen molar-refractivity contribution >= 4 is 0 Å². The van der Waals surface area contributed by atoms with E-state index in [1.807, 2.05) is 0 Å². The molecule has 0 amide bonds. The van der Waals surface area contributed by atoms with Gasteiger partial charge in [-0.05, 0) is 44.4 Å². The van der Waals surface area contributed by atoms with Crippen LogP contribution in [0.15, 0.2) is 24.3 Å². The van der Waals surface area contributed by atoms with Crippen molar-refractivity contribution in [2.75, 3.05) is 20.3 Å². The van der Waals surface area contributed by atoms with Gasteiger partial charge in [0.2, 0.25) is 0 Å². The van der Waals surface area contributed by atoms with Crippen molar-refractivity contribution in [2.24, 2.45) is 0 Å². The second-order valence-electron chi connectivity index (χ2n) is 4.23. The molecule has 0 aromatic heterocycles. The van der Waals surface area contributed by atoms with Gasteiger partial charge in [-0.25, -0.2) is 0 Å². The molecule has 0 radical (unpaired) electrons. The van der Waals surface area contributed by atoms with Gasteiger partial charge in [0.1, 0.15) is 0 Å². The smallest absolute Gasteiger partial charge is 0.0462 e. The lowest BCUT2D eigenvalue weighted by atomic mass is 10.0. The van der Waals surface area contributed by atoms with Crippen LogP contribution >= 0.6 is 0 Å². The summed E-state index contributed by atoms with van der Waals surface area (Å²) in [5.41, 5.74) is 2.76. The molecule has 0 aliphatic rings. The third-order valence-corrected chi connectivity index (χ3v) is 2.88. The first-order valence-electron chi connectivity index (χ1n) is 6.03. The molecule has 16 heavy (non-hydrogen) atoms. The van der Waals surface area contributed by atoms with Crippen LogP contribution in [0.25, 0.3) is 0 Å². The third kappa shape index (κ3) is 4.33. The van der Waals surface area contributed by atoms with E-state index in [9.17, 15) is 0 Å². The van der Waals surface area contributed by atoms with Crippen LogP contribution in [0.4, 0.5) is 0 Å². The minimum absolute atomic E-state index is 0.434. The van der Waals surface area contributed by atoms with Crippen LogP contribution in [0.2, 0.25) is 0 Å². The van der Waals surface area contributed by atoms with Crippen LogP contribution < -0.4 is 5.32 Å². The Balaban J connectivity index is 2.30. The SMILES string of the molecule is COCCCCN[C@H](C)c1ccccc1C. The quantitative estimate of drug-likeness (QED) is 0.714. The predicted octanol–water partition coefficient (Wildman–Crippen LogP) is 3.07. The summed E-state index contributed by atoms with van der Waals surface area (Å²) < 4.78 is 5.02. The van der Waals surface area contributed by atoms with Crippen LogP contribution in [0.5, 0.6) is 0 Å². The molecule has 0 aliphatic heterocycles. The lowest BCUT2D eigenvalue weighted by Crippen LogP contribution is -2.20. The topological polar surface area (TPSA) is 21.3 Å². The second-order valence-corrected chi connectivity index (χ2v) is 4.23. The summed E-state index contributed by atoms with van der Waals surface area (Å²) in [4.78, 5) is 0. The molecule has 0 saturated carbocycles. The van der Waals surface area contributed by atoms with Crippen molar-refractivity contribution in [1.82, 2.24) is 5.32 Å². The Hall–Kier alpha value is -0.860. The first kappa shape index (κ1) is 13.2. The van der Waals surface area contributed by atoms with E-state index < -0.39 is 0 Å². The molecular weight excluding hydrogens is 198 g/mol. The van der Waals surface area contributed by atoms with Gasteiger partial charge in [-0.1, -0.05) is 24.3 Å². The number of nitrogens with one attached hydrogen (secondary N) is 1. The van der Waals surface area contributed by atoms with Gasteiger partial charge in [0.05, 0.1) is 0 Å². The first-order chi connectivity index (χ1) is 7.75. The normalized spacial score (nSPS) is 12.7. The maximum absolute atomic E-state index is 5.02. The van der Waals surface area contributed by atoms with Gasteiger partial charge >= 0.3 is 0 Å². The lowest BCUT2D eigenvalue weighted by Gasteiger charge is -2.16. The first-order valence-corrected chi connectivity index (χ1v) is 6.03. The van der Waals surface area contributed by atoms with Crippen molar-refractivity contribution in [2.45, 2.75) is 32.7 Å². The van der Waals surface area contributed by atoms with Crippen molar-refractivity contribution in [3.63, 3.8) is 0 Å². The molecule has 0 spiro atoms. The molecule has 2 heteroatoms. The summed E-state index contributed by atoms with van der Waals surface area (Å²) >= 11 is 0. The van der Waals surface area contributed by atoms with Gasteiger partial charge in [-0.3, -0.25) is 0 Å². The molecule has 90 valence electrons. The van der Waals surface area contributed by atoms with E-state index in [0.29, 0.717) is 6.04 Å². The van der Waals surface area contributed by atoms with E-state index in [1.54, 1.807) is 7.11 Å². The largest absolute Gasteiger partial charge is 0.385 e. The van der Waals surface area contributed by atoms with Gasteiger partial charge in [0.15, 0.2) is 0 Å². The molecule has 0 aliphatic carbocycles. The molecule has 0 fully saturated rings. The van der Waals surface area contributed by atoms with Gasteiger partial charge in [-0.15, -0.1) is 0 Å². The number of rotatable bonds is 7. The highest BCUT2D eigenvalue weighted by Gasteiger charge is 2.05. The van der Waals surface area contributed by atoms with Gasteiger partial charge in [0, 0.05) is 19.8 Å². The molecule has 2 nitrogen and oxygen atoms in total. The van der Waals surface area contributed by atoms with Crippen LogP contribution in [-0.2, 0) is 4.74 Å². The molecule has 0 bridgehead atoms. The average Bonchev–Trinajstić information content (AvgIpc) is 2.29. The molecule has 1 aromatic rings. The number of unbranched alkanes of at least 4 members (excludes halogenated alkanes) is 1. The maximum atomic E-state index is 5.02. The van der Waals surface area contributed by atoms with E-state index in [0.717, 1.165) is 19.6 Å². The minimum Gasteiger partial charge on any atom is -0.385 e. The van der Waals surface area contributed by atoms with Gasteiger partial charge in [0.25, 0.3) is 0 Å². The molecule has 1 atom stereocenters. The van der Waals surface area contributed by atoms with E-state index >= 15 is 0 Å². The fourth-order valence-corrected chi connectivity index (χ4v) is 1.87. The highest BCUT2D eigenvalue weighted by molar-refractivity contribution is 5.28. The van der Waals surface area contributed by atoms with E-state index in [2.05, 4.69) is 43.4 Å². The third-order valence-electron chi connectivity index (χ3n) is 2.88. The Labute approximate surface area is 99.0 Å². The Morgan fingerprint density at radius 2 is 2.00 bits per heavy atom. The summed E-state index contributed by atoms with van der Waals surface area (Å²) in [5.74, 6) is 0. The predicted molar refractivity (Wildman–Crippen MR) is 68.7 cm³/mol. The summed E-state index contributed by atoms with van der Waals surface area (Å²) in [7, 11) is 1.75. The molecule has 0 unspecified atom stereocenters. The summed E-state index contributed by atoms with van der Waals surface area (Å²) in [5, 5.41) is 3.54. The average molecular weight is 221 g/mol. The van der Waals surface area contributed by atoms with Crippen LogP contribution in [0, 0.1) is 6.92 Å². The zero-order chi connectivity index (χ0) is 11.8. The van der Waals surface area contributed by atoms with E-state index in [1.165, 1.54) is 17.5 Å². The number of methoxy groups -OCH3 is 1. The van der Waals surface area contributed by atoms with Crippen LogP contribution in [0.3, 0.4) is 0 Å². The molecular formula is C14H23NO. The monoisotopic (exact) mass is 221 g/mol. The summed E-state index contributed by atoms with van der Waals surface area (Å²) in [6.45, 7) is 6.30. The number of benzene rings is 1. The maximum Gasteiger partial charge on any atom is 0.0462 e. The fraction of sp³-hybridized carbons (Fsp3) is 0.571. The highest BCUT2D eigenvalue weighted by atomic mass is 16.5. The molecule has 1 aromatic carbocycles. The molecule has 1 rings (SSSR count). The highest BCUT2D eigenvalue weighted by Crippen LogP contribution is 2.16. The van der Waals surface area contributed by atoms with Gasteiger partial charge < -0.3 is 10.1 Å². The molecule has 1 N–H and O–H groups in total. The zero-order valence-electron chi connectivity index (χ0n) is 10.6. The van der Waals surface area contributed by atoms with Crippen molar-refractivity contribution in [1.29, 1.82) is 0 Å². The lowest BCUT2D eigenvalue weighted by molar-refractivity contribution is 0.192. The second kappa shape index (κ2) is 7.42.